The summed E-state index contributed by atoms with van der Waals surface area (Å²) in [6.45, 7) is 5.28. The van der Waals surface area contributed by atoms with E-state index < -0.39 is 23.1 Å². The molecular formula is C23H23ClN2O4S. The van der Waals surface area contributed by atoms with E-state index in [-0.39, 0.29) is 21.8 Å². The highest BCUT2D eigenvalue weighted by Crippen LogP contribution is 2.49. The fourth-order valence-corrected chi connectivity index (χ4v) is 5.07. The second-order valence-corrected chi connectivity index (χ2v) is 9.30. The Morgan fingerprint density at radius 2 is 1.84 bits per heavy atom. The van der Waals surface area contributed by atoms with Gasteiger partial charge in [-0.25, -0.2) is 0 Å². The smallest absolute Gasteiger partial charge is 0.260 e. The molecule has 2 aromatic carbocycles. The molecule has 0 aliphatic heterocycles. The molecule has 3 rings (SSSR count). The van der Waals surface area contributed by atoms with Crippen LogP contribution in [0.2, 0.25) is 5.02 Å². The summed E-state index contributed by atoms with van der Waals surface area (Å²) in [7, 11) is 0. The normalized spacial score (nSPS) is 21.2. The molecule has 0 spiro atoms. The van der Waals surface area contributed by atoms with Gasteiger partial charge in [-0.2, -0.15) is 0 Å². The molecule has 0 aromatic heterocycles. The van der Waals surface area contributed by atoms with Gasteiger partial charge in [0, 0.05) is 29.0 Å². The van der Waals surface area contributed by atoms with Crippen molar-refractivity contribution in [3.05, 3.63) is 85.3 Å². The zero-order valence-electron chi connectivity index (χ0n) is 17.5. The van der Waals surface area contributed by atoms with Crippen LogP contribution < -0.4 is 5.32 Å². The molecular weight excluding hydrogens is 436 g/mol. The van der Waals surface area contributed by atoms with E-state index in [1.807, 2.05) is 38.1 Å². The Morgan fingerprint density at radius 3 is 2.39 bits per heavy atom. The second kappa shape index (κ2) is 9.24. The van der Waals surface area contributed by atoms with Crippen LogP contribution in [-0.4, -0.2) is 27.9 Å². The lowest BCUT2D eigenvalue weighted by molar-refractivity contribution is -0.556. The Labute approximate surface area is 190 Å². The number of nitrogens with one attached hydrogen (secondary N) is 1. The van der Waals surface area contributed by atoms with Gasteiger partial charge >= 0.3 is 0 Å². The lowest BCUT2D eigenvalue weighted by Crippen LogP contribution is -2.48. The quantitative estimate of drug-likeness (QED) is 0.356. The number of rotatable bonds is 6. The SMILES string of the molecule is CCSC1=C(C(=O)Nc2ccc(Cl)cc2)C(=O)CC(c2ccc(C)cc2)C1(C)[N+](=O)[O-]. The van der Waals surface area contributed by atoms with Gasteiger partial charge in [-0.15, -0.1) is 11.8 Å². The van der Waals surface area contributed by atoms with Gasteiger partial charge < -0.3 is 5.32 Å². The average Bonchev–Trinajstić information content (AvgIpc) is 2.73. The summed E-state index contributed by atoms with van der Waals surface area (Å²) >= 11 is 7.06. The number of nitro groups is 1. The molecule has 0 fully saturated rings. The van der Waals surface area contributed by atoms with Gasteiger partial charge in [0.15, 0.2) is 5.78 Å². The summed E-state index contributed by atoms with van der Waals surface area (Å²) in [4.78, 5) is 38.5. The first-order valence-corrected chi connectivity index (χ1v) is 11.2. The predicted molar refractivity (Wildman–Crippen MR) is 124 cm³/mol. The number of halogens is 1. The molecule has 162 valence electrons. The van der Waals surface area contributed by atoms with Crippen molar-refractivity contribution in [2.75, 3.05) is 11.1 Å². The molecule has 1 N–H and O–H groups in total. The van der Waals surface area contributed by atoms with E-state index in [0.717, 1.165) is 5.56 Å². The number of hydrogen-bond donors (Lipinski definition) is 1. The van der Waals surface area contributed by atoms with Gasteiger partial charge in [0.1, 0.15) is 0 Å². The van der Waals surface area contributed by atoms with Crippen molar-refractivity contribution in [2.45, 2.75) is 38.6 Å². The van der Waals surface area contributed by atoms with Gasteiger partial charge in [-0.05, 0) is 42.5 Å². The lowest BCUT2D eigenvalue weighted by Gasteiger charge is -2.36. The predicted octanol–water partition coefficient (Wildman–Crippen LogP) is 5.39. The van der Waals surface area contributed by atoms with E-state index in [0.29, 0.717) is 22.0 Å². The molecule has 0 saturated carbocycles. The van der Waals surface area contributed by atoms with E-state index in [9.17, 15) is 19.7 Å². The van der Waals surface area contributed by atoms with Gasteiger partial charge in [0.25, 0.3) is 11.4 Å². The monoisotopic (exact) mass is 458 g/mol. The van der Waals surface area contributed by atoms with Gasteiger partial charge in [0.2, 0.25) is 0 Å². The maximum Gasteiger partial charge on any atom is 0.260 e. The molecule has 0 radical (unpaired) electrons. The fraction of sp³-hybridized carbons (Fsp3) is 0.304. The van der Waals surface area contributed by atoms with E-state index in [4.69, 9.17) is 11.6 Å². The van der Waals surface area contributed by atoms with Crippen LogP contribution in [0.4, 0.5) is 5.69 Å². The first kappa shape index (κ1) is 23.0. The van der Waals surface area contributed by atoms with Gasteiger partial charge in [-0.3, -0.25) is 19.7 Å². The third-order valence-electron chi connectivity index (χ3n) is 5.51. The molecule has 2 atom stereocenters. The lowest BCUT2D eigenvalue weighted by atomic mass is 9.71. The molecule has 31 heavy (non-hydrogen) atoms. The fourth-order valence-electron chi connectivity index (χ4n) is 3.79. The summed E-state index contributed by atoms with van der Waals surface area (Å²) in [5.74, 6) is -1.22. The van der Waals surface area contributed by atoms with Crippen LogP contribution in [0.3, 0.4) is 0 Å². The minimum Gasteiger partial charge on any atom is -0.322 e. The van der Waals surface area contributed by atoms with Crippen LogP contribution in [0.1, 0.15) is 37.3 Å². The zero-order valence-corrected chi connectivity index (χ0v) is 19.0. The number of aryl methyl sites for hydroxylation is 1. The second-order valence-electron chi connectivity index (χ2n) is 7.59. The summed E-state index contributed by atoms with van der Waals surface area (Å²) in [6.07, 6.45) is -0.113. The minimum absolute atomic E-state index is 0.113. The van der Waals surface area contributed by atoms with Crippen molar-refractivity contribution in [2.24, 2.45) is 0 Å². The maximum atomic E-state index is 13.2. The van der Waals surface area contributed by atoms with Crippen LogP contribution >= 0.6 is 23.4 Å². The molecule has 0 heterocycles. The molecule has 2 aromatic rings. The number of ketones is 1. The first-order chi connectivity index (χ1) is 14.7. The number of Topliss-reactive ketones (excluding diaryl/α,β-unsaturated/α-hetero) is 1. The number of benzene rings is 2. The van der Waals surface area contributed by atoms with Crippen molar-refractivity contribution in [1.29, 1.82) is 0 Å². The van der Waals surface area contributed by atoms with Crippen molar-refractivity contribution in [3.8, 4) is 0 Å². The standard InChI is InChI=1S/C23H23ClN2O4S/c1-4-31-21-20(22(28)25-17-11-9-16(24)10-12-17)19(27)13-18(23(21,3)26(29)30)15-7-5-14(2)6-8-15/h5-12,18H,4,13H2,1-3H3,(H,25,28). The molecule has 6 nitrogen and oxygen atoms in total. The number of carbonyl (C=O) groups excluding carboxylic acids is 2. The molecule has 1 aliphatic carbocycles. The summed E-state index contributed by atoms with van der Waals surface area (Å²) in [5.41, 5.74) is 0.458. The highest BCUT2D eigenvalue weighted by Gasteiger charge is 2.56. The van der Waals surface area contributed by atoms with E-state index in [1.54, 1.807) is 24.3 Å². The summed E-state index contributed by atoms with van der Waals surface area (Å²) in [5, 5.41) is 15.6. The molecule has 1 aliphatic rings. The largest absolute Gasteiger partial charge is 0.322 e. The topological polar surface area (TPSA) is 89.3 Å². The number of thioether (sulfide) groups is 1. The van der Waals surface area contributed by atoms with Crippen LogP contribution in [0.25, 0.3) is 0 Å². The number of anilines is 1. The Balaban J connectivity index is 2.11. The van der Waals surface area contributed by atoms with Crippen molar-refractivity contribution < 1.29 is 14.5 Å². The van der Waals surface area contributed by atoms with E-state index in [1.165, 1.54) is 18.7 Å². The maximum absolute atomic E-state index is 13.2. The Morgan fingerprint density at radius 1 is 1.23 bits per heavy atom. The Kier molecular flexibility index (Phi) is 6.86. The van der Waals surface area contributed by atoms with Crippen LogP contribution in [0.15, 0.2) is 59.0 Å². The number of nitrogens with zero attached hydrogens (tertiary/aromatic N) is 1. The van der Waals surface area contributed by atoms with Crippen LogP contribution in [0, 0.1) is 17.0 Å². The first-order valence-electron chi connectivity index (χ1n) is 9.87. The minimum atomic E-state index is -1.60. The average molecular weight is 459 g/mol. The highest BCUT2D eigenvalue weighted by molar-refractivity contribution is 8.03. The highest BCUT2D eigenvalue weighted by atomic mass is 35.5. The van der Waals surface area contributed by atoms with E-state index >= 15 is 0 Å². The van der Waals surface area contributed by atoms with Gasteiger partial charge in [-0.1, -0.05) is 48.4 Å². The molecule has 1 amide bonds. The number of hydrogen-bond acceptors (Lipinski definition) is 5. The Hall–Kier alpha value is -2.64. The molecule has 0 bridgehead atoms. The van der Waals surface area contributed by atoms with Crippen molar-refractivity contribution in [3.63, 3.8) is 0 Å². The summed E-state index contributed by atoms with van der Waals surface area (Å²) < 4.78 is 0. The number of amides is 1. The Bertz CT molecular complexity index is 1050. The third-order valence-corrected chi connectivity index (χ3v) is 6.96. The van der Waals surface area contributed by atoms with E-state index in [2.05, 4.69) is 5.32 Å². The zero-order chi connectivity index (χ0) is 22.8. The summed E-state index contributed by atoms with van der Waals surface area (Å²) in [6, 6.07) is 13.8. The van der Waals surface area contributed by atoms with Crippen LogP contribution in [0.5, 0.6) is 0 Å². The van der Waals surface area contributed by atoms with Crippen LogP contribution in [-0.2, 0) is 9.59 Å². The molecule has 2 unspecified atom stereocenters. The van der Waals surface area contributed by atoms with Crippen molar-refractivity contribution in [1.82, 2.24) is 0 Å². The molecule has 0 saturated heterocycles. The molecule has 8 heteroatoms. The van der Waals surface area contributed by atoms with Crippen molar-refractivity contribution >= 4 is 40.7 Å². The van der Waals surface area contributed by atoms with Gasteiger partial charge in [0.05, 0.1) is 16.4 Å². The number of carbonyl (C=O) groups is 2. The third kappa shape index (κ3) is 4.52.